The first kappa shape index (κ1) is 19.8. The fraction of sp³-hybridized carbons (Fsp3) is 0.125. The highest BCUT2D eigenvalue weighted by atomic mass is 32.1. The van der Waals surface area contributed by atoms with E-state index in [-0.39, 0.29) is 11.9 Å². The van der Waals surface area contributed by atoms with E-state index in [1.165, 1.54) is 0 Å². The summed E-state index contributed by atoms with van der Waals surface area (Å²) in [6, 6.07) is 19.0. The average molecular weight is 415 g/mol. The predicted octanol–water partition coefficient (Wildman–Crippen LogP) is 5.61. The molecule has 0 radical (unpaired) electrons. The Kier molecular flexibility index (Phi) is 5.86. The number of carbonyl (C=O) groups is 1. The fourth-order valence-corrected chi connectivity index (χ4v) is 4.21. The Balaban J connectivity index is 1.71. The number of rotatable bonds is 6. The maximum atomic E-state index is 12.8. The molecule has 6 heteroatoms. The summed E-state index contributed by atoms with van der Waals surface area (Å²) in [7, 11) is 0. The Labute approximate surface area is 179 Å². The highest BCUT2D eigenvalue weighted by molar-refractivity contribution is 7.16. The molecule has 1 amide bonds. The molecule has 5 nitrogen and oxygen atoms in total. The summed E-state index contributed by atoms with van der Waals surface area (Å²) in [5.41, 5.74) is 3.73. The number of thiophene rings is 1. The molecule has 0 bridgehead atoms. The van der Waals surface area contributed by atoms with E-state index in [4.69, 9.17) is 0 Å². The number of hydrogen-bond acceptors (Lipinski definition) is 5. The predicted molar refractivity (Wildman–Crippen MR) is 122 cm³/mol. The Morgan fingerprint density at radius 1 is 1.00 bits per heavy atom. The Morgan fingerprint density at radius 2 is 1.83 bits per heavy atom. The molecule has 3 aromatic heterocycles. The standard InChI is InChI=1S/C24H22N4OS/c1-16-10-12-26-21(13-16)27-22(19-9-6-11-25-15-19)20-14-17(2)30-24(20)28-23(29)18-7-4-3-5-8-18/h3-15,22H,1-2H3,(H,26,27)(H,28,29)/t22-/m0/s1. The van der Waals surface area contributed by atoms with Crippen molar-refractivity contribution in [1.82, 2.24) is 9.97 Å². The lowest BCUT2D eigenvalue weighted by atomic mass is 10.0. The smallest absolute Gasteiger partial charge is 0.256 e. The lowest BCUT2D eigenvalue weighted by molar-refractivity contribution is 0.102. The van der Waals surface area contributed by atoms with Crippen LogP contribution in [-0.4, -0.2) is 15.9 Å². The van der Waals surface area contributed by atoms with Gasteiger partial charge in [-0.1, -0.05) is 24.3 Å². The van der Waals surface area contributed by atoms with Crippen LogP contribution in [0.15, 0.2) is 79.3 Å². The van der Waals surface area contributed by atoms with Gasteiger partial charge in [0.15, 0.2) is 0 Å². The molecule has 3 heterocycles. The molecule has 0 fully saturated rings. The highest BCUT2D eigenvalue weighted by Crippen LogP contribution is 2.37. The molecule has 0 aliphatic rings. The zero-order chi connectivity index (χ0) is 20.9. The molecule has 0 spiro atoms. The Morgan fingerprint density at radius 3 is 2.57 bits per heavy atom. The van der Waals surface area contributed by atoms with E-state index >= 15 is 0 Å². The van der Waals surface area contributed by atoms with Crippen molar-refractivity contribution in [3.8, 4) is 0 Å². The molecule has 4 aromatic rings. The number of nitrogens with one attached hydrogen (secondary N) is 2. The van der Waals surface area contributed by atoms with Crippen LogP contribution >= 0.6 is 11.3 Å². The molecular weight excluding hydrogens is 392 g/mol. The molecule has 0 saturated carbocycles. The van der Waals surface area contributed by atoms with Gasteiger partial charge in [-0.3, -0.25) is 9.78 Å². The van der Waals surface area contributed by atoms with Crippen molar-refractivity contribution in [3.63, 3.8) is 0 Å². The second kappa shape index (κ2) is 8.88. The van der Waals surface area contributed by atoms with Gasteiger partial charge in [0, 0.05) is 34.6 Å². The second-order valence-corrected chi connectivity index (χ2v) is 8.30. The minimum Gasteiger partial charge on any atom is -0.359 e. The van der Waals surface area contributed by atoms with Gasteiger partial charge in [-0.05, 0) is 61.4 Å². The molecule has 2 N–H and O–H groups in total. The van der Waals surface area contributed by atoms with Crippen molar-refractivity contribution in [3.05, 3.63) is 106 Å². The first-order valence-corrected chi connectivity index (χ1v) is 10.5. The topological polar surface area (TPSA) is 66.9 Å². The summed E-state index contributed by atoms with van der Waals surface area (Å²) in [4.78, 5) is 22.7. The van der Waals surface area contributed by atoms with Crippen molar-refractivity contribution in [2.75, 3.05) is 10.6 Å². The van der Waals surface area contributed by atoms with Crippen LogP contribution in [0.4, 0.5) is 10.8 Å². The highest BCUT2D eigenvalue weighted by Gasteiger charge is 2.22. The molecule has 4 rings (SSSR count). The minimum atomic E-state index is -0.205. The second-order valence-electron chi connectivity index (χ2n) is 7.04. The van der Waals surface area contributed by atoms with Crippen LogP contribution in [-0.2, 0) is 0 Å². The fourth-order valence-electron chi connectivity index (χ4n) is 3.26. The monoisotopic (exact) mass is 414 g/mol. The number of nitrogens with zero attached hydrogens (tertiary/aromatic N) is 2. The van der Waals surface area contributed by atoms with Gasteiger partial charge in [-0.15, -0.1) is 11.3 Å². The Bertz CT molecular complexity index is 1140. The number of aryl methyl sites for hydroxylation is 2. The van der Waals surface area contributed by atoms with E-state index in [1.54, 1.807) is 23.7 Å². The van der Waals surface area contributed by atoms with Crippen LogP contribution in [0.1, 0.15) is 38.0 Å². The lowest BCUT2D eigenvalue weighted by Crippen LogP contribution is -2.17. The maximum Gasteiger partial charge on any atom is 0.256 e. The molecule has 1 atom stereocenters. The third-order valence-electron chi connectivity index (χ3n) is 4.68. The molecule has 0 aliphatic carbocycles. The van der Waals surface area contributed by atoms with Crippen LogP contribution in [0.25, 0.3) is 0 Å². The van der Waals surface area contributed by atoms with Gasteiger partial charge >= 0.3 is 0 Å². The summed E-state index contributed by atoms with van der Waals surface area (Å²) in [6.45, 7) is 4.07. The van der Waals surface area contributed by atoms with E-state index in [0.29, 0.717) is 5.56 Å². The Hall–Kier alpha value is -3.51. The largest absolute Gasteiger partial charge is 0.359 e. The molecule has 0 aliphatic heterocycles. The molecule has 1 aromatic carbocycles. The third kappa shape index (κ3) is 4.55. The van der Waals surface area contributed by atoms with Gasteiger partial charge in [0.2, 0.25) is 0 Å². The molecule has 30 heavy (non-hydrogen) atoms. The zero-order valence-electron chi connectivity index (χ0n) is 16.8. The van der Waals surface area contributed by atoms with Crippen molar-refractivity contribution in [1.29, 1.82) is 0 Å². The number of aromatic nitrogens is 2. The van der Waals surface area contributed by atoms with E-state index in [2.05, 4.69) is 26.7 Å². The van der Waals surface area contributed by atoms with Gasteiger partial charge < -0.3 is 10.6 Å². The summed E-state index contributed by atoms with van der Waals surface area (Å²) in [5, 5.41) is 7.43. The van der Waals surface area contributed by atoms with Crippen molar-refractivity contribution in [2.45, 2.75) is 19.9 Å². The first-order valence-electron chi connectivity index (χ1n) is 9.66. The van der Waals surface area contributed by atoms with E-state index in [0.717, 1.165) is 32.4 Å². The van der Waals surface area contributed by atoms with Crippen LogP contribution in [0.3, 0.4) is 0 Å². The number of benzene rings is 1. The normalized spacial score (nSPS) is 11.7. The van der Waals surface area contributed by atoms with Crippen LogP contribution in [0, 0.1) is 13.8 Å². The van der Waals surface area contributed by atoms with Crippen molar-refractivity contribution >= 4 is 28.1 Å². The van der Waals surface area contributed by atoms with Gasteiger partial charge in [-0.25, -0.2) is 4.98 Å². The zero-order valence-corrected chi connectivity index (χ0v) is 17.6. The van der Waals surface area contributed by atoms with E-state index in [9.17, 15) is 4.79 Å². The average Bonchev–Trinajstić information content (AvgIpc) is 3.13. The molecule has 150 valence electrons. The molecule has 0 unspecified atom stereocenters. The first-order chi connectivity index (χ1) is 14.6. The van der Waals surface area contributed by atoms with E-state index in [1.807, 2.05) is 74.6 Å². The molecular formula is C24H22N4OS. The third-order valence-corrected chi connectivity index (χ3v) is 5.67. The summed E-state index contributed by atoms with van der Waals surface area (Å²) >= 11 is 1.56. The van der Waals surface area contributed by atoms with E-state index < -0.39 is 0 Å². The lowest BCUT2D eigenvalue weighted by Gasteiger charge is -2.21. The van der Waals surface area contributed by atoms with Gasteiger partial charge in [-0.2, -0.15) is 0 Å². The van der Waals surface area contributed by atoms with Gasteiger partial charge in [0.05, 0.1) is 6.04 Å². The number of anilines is 2. The maximum absolute atomic E-state index is 12.8. The number of amides is 1. The summed E-state index contributed by atoms with van der Waals surface area (Å²) < 4.78 is 0. The SMILES string of the molecule is Cc1ccnc(N[C@@H](c2cccnc2)c2cc(C)sc2NC(=O)c2ccccc2)c1. The number of pyridine rings is 2. The van der Waals surface area contributed by atoms with Crippen LogP contribution in [0.5, 0.6) is 0 Å². The van der Waals surface area contributed by atoms with Crippen molar-refractivity contribution < 1.29 is 4.79 Å². The minimum absolute atomic E-state index is 0.127. The number of carbonyl (C=O) groups excluding carboxylic acids is 1. The summed E-state index contributed by atoms with van der Waals surface area (Å²) in [5.74, 6) is 0.644. The van der Waals surface area contributed by atoms with Crippen molar-refractivity contribution in [2.24, 2.45) is 0 Å². The number of hydrogen-bond donors (Lipinski definition) is 2. The van der Waals surface area contributed by atoms with Crippen LogP contribution in [0.2, 0.25) is 0 Å². The quantitative estimate of drug-likeness (QED) is 0.430. The summed E-state index contributed by atoms with van der Waals surface area (Å²) in [6.07, 6.45) is 5.38. The van der Waals surface area contributed by atoms with Crippen LogP contribution < -0.4 is 10.6 Å². The van der Waals surface area contributed by atoms with Gasteiger partial charge in [0.25, 0.3) is 5.91 Å². The molecule has 0 saturated heterocycles. The van der Waals surface area contributed by atoms with Gasteiger partial charge in [0.1, 0.15) is 10.8 Å².